The Morgan fingerprint density at radius 2 is 1.86 bits per heavy atom. The number of Topliss-reactive ketones (excluding diaryl/α,β-unsaturated/α-hetero) is 1. The molecule has 2 saturated heterocycles. The van der Waals surface area contributed by atoms with E-state index in [1.807, 2.05) is 0 Å². The molecule has 0 bridgehead atoms. The quantitative estimate of drug-likeness (QED) is 0.406. The van der Waals surface area contributed by atoms with E-state index in [4.69, 9.17) is 4.74 Å². The lowest BCUT2D eigenvalue weighted by Crippen LogP contribution is -2.52. The Morgan fingerprint density at radius 1 is 1.09 bits per heavy atom. The number of hydrogen-bond donors (Lipinski definition) is 1. The SMILES string of the molecule is COC(=O)[C@@H]1CCCN1C(=O)[C@@H]1NCSC1C(=O)CCCCCC1CCc2cc(C)c(C)cc2C1. The third-order valence-electron chi connectivity index (χ3n) is 8.14. The Balaban J connectivity index is 1.20. The van der Waals surface area contributed by atoms with Crippen molar-refractivity contribution < 1.29 is 19.1 Å². The third kappa shape index (κ3) is 6.11. The summed E-state index contributed by atoms with van der Waals surface area (Å²) in [4.78, 5) is 39.8. The van der Waals surface area contributed by atoms with Crippen LogP contribution in [0, 0.1) is 19.8 Å². The molecule has 0 aromatic heterocycles. The van der Waals surface area contributed by atoms with Crippen molar-refractivity contribution in [2.24, 2.45) is 5.92 Å². The second kappa shape index (κ2) is 11.9. The maximum atomic E-state index is 13.2. The van der Waals surface area contributed by atoms with E-state index in [2.05, 4.69) is 31.3 Å². The van der Waals surface area contributed by atoms with Crippen molar-refractivity contribution in [2.45, 2.75) is 95.4 Å². The van der Waals surface area contributed by atoms with Gasteiger partial charge in [-0.1, -0.05) is 31.4 Å². The molecule has 192 valence electrons. The first-order valence-corrected chi connectivity index (χ1v) is 14.3. The van der Waals surface area contributed by atoms with Gasteiger partial charge in [0.2, 0.25) is 5.91 Å². The van der Waals surface area contributed by atoms with Crippen LogP contribution in [0.25, 0.3) is 0 Å². The number of carbonyl (C=O) groups is 3. The fourth-order valence-electron chi connectivity index (χ4n) is 5.95. The number of esters is 1. The van der Waals surface area contributed by atoms with Gasteiger partial charge < -0.3 is 9.64 Å². The zero-order chi connectivity index (χ0) is 24.9. The van der Waals surface area contributed by atoms with Gasteiger partial charge in [-0.3, -0.25) is 14.9 Å². The van der Waals surface area contributed by atoms with Gasteiger partial charge in [-0.05, 0) is 80.5 Å². The van der Waals surface area contributed by atoms with Crippen LogP contribution in [-0.4, -0.2) is 59.4 Å². The third-order valence-corrected chi connectivity index (χ3v) is 9.37. The summed E-state index contributed by atoms with van der Waals surface area (Å²) in [5.74, 6) is 0.996. The lowest BCUT2D eigenvalue weighted by molar-refractivity contribution is -0.151. The van der Waals surface area contributed by atoms with Gasteiger partial charge in [0, 0.05) is 18.8 Å². The fraction of sp³-hybridized carbons (Fsp3) is 0.679. The summed E-state index contributed by atoms with van der Waals surface area (Å²) in [5.41, 5.74) is 5.86. The number of benzene rings is 1. The normalized spacial score (nSPS) is 26.0. The van der Waals surface area contributed by atoms with E-state index in [9.17, 15) is 14.4 Å². The highest BCUT2D eigenvalue weighted by molar-refractivity contribution is 8.00. The average molecular weight is 501 g/mol. The Bertz CT molecular complexity index is 949. The van der Waals surface area contributed by atoms with Crippen LogP contribution in [0.1, 0.15) is 73.6 Å². The number of ether oxygens (including phenoxy) is 1. The maximum absolute atomic E-state index is 13.2. The standard InChI is InChI=1S/C28H40N2O4S/c1-18-14-21-12-11-20(16-22(21)15-19(18)2)8-5-4-6-10-24(31)26-25(29-17-35-26)27(32)30-13-7-9-23(30)28(33)34-3/h14-15,20,23,25-26,29H,4-13,16-17H2,1-3H3/t20?,23-,25+,26?/m0/s1. The highest BCUT2D eigenvalue weighted by Gasteiger charge is 2.44. The monoisotopic (exact) mass is 500 g/mol. The molecule has 3 aliphatic rings. The number of unbranched alkanes of at least 4 members (excludes halogenated alkanes) is 2. The number of likely N-dealkylation sites (tertiary alicyclic amines) is 1. The van der Waals surface area contributed by atoms with E-state index in [0.717, 1.165) is 31.6 Å². The Hall–Kier alpha value is -1.86. The number of nitrogens with one attached hydrogen (secondary N) is 1. The first-order valence-electron chi connectivity index (χ1n) is 13.2. The molecule has 2 unspecified atom stereocenters. The van der Waals surface area contributed by atoms with Crippen molar-refractivity contribution in [2.75, 3.05) is 19.5 Å². The number of amides is 1. The molecule has 2 heterocycles. The molecule has 4 atom stereocenters. The van der Waals surface area contributed by atoms with Crippen LogP contribution >= 0.6 is 11.8 Å². The summed E-state index contributed by atoms with van der Waals surface area (Å²) < 4.78 is 4.87. The van der Waals surface area contributed by atoms with Gasteiger partial charge in [-0.15, -0.1) is 11.8 Å². The molecule has 35 heavy (non-hydrogen) atoms. The largest absolute Gasteiger partial charge is 0.467 e. The van der Waals surface area contributed by atoms with Gasteiger partial charge in [0.05, 0.1) is 12.4 Å². The van der Waals surface area contributed by atoms with Crippen LogP contribution in [-0.2, 0) is 32.0 Å². The number of aryl methyl sites for hydroxylation is 3. The summed E-state index contributed by atoms with van der Waals surface area (Å²) in [6, 6.07) is 3.71. The van der Waals surface area contributed by atoms with Crippen LogP contribution in [0.2, 0.25) is 0 Å². The minimum atomic E-state index is -0.535. The molecule has 4 rings (SSSR count). The van der Waals surface area contributed by atoms with E-state index in [1.165, 1.54) is 66.8 Å². The van der Waals surface area contributed by atoms with Crippen LogP contribution < -0.4 is 5.32 Å². The zero-order valence-electron chi connectivity index (χ0n) is 21.4. The van der Waals surface area contributed by atoms with Crippen LogP contribution in [0.15, 0.2) is 12.1 Å². The van der Waals surface area contributed by atoms with Gasteiger partial charge in [0.1, 0.15) is 17.9 Å². The van der Waals surface area contributed by atoms with Gasteiger partial charge in [-0.25, -0.2) is 4.79 Å². The number of thioether (sulfide) groups is 1. The van der Waals surface area contributed by atoms with E-state index in [1.54, 1.807) is 4.90 Å². The van der Waals surface area contributed by atoms with E-state index < -0.39 is 12.1 Å². The molecule has 1 aliphatic carbocycles. The van der Waals surface area contributed by atoms with Crippen LogP contribution in [0.3, 0.4) is 0 Å². The number of carbonyl (C=O) groups excluding carboxylic acids is 3. The van der Waals surface area contributed by atoms with E-state index in [-0.39, 0.29) is 22.9 Å². The molecule has 1 amide bonds. The highest BCUT2D eigenvalue weighted by atomic mass is 32.2. The smallest absolute Gasteiger partial charge is 0.328 e. The highest BCUT2D eigenvalue weighted by Crippen LogP contribution is 2.31. The summed E-state index contributed by atoms with van der Waals surface area (Å²) in [5, 5.41) is 2.84. The fourth-order valence-corrected chi connectivity index (χ4v) is 7.11. The second-order valence-corrected chi connectivity index (χ2v) is 11.6. The summed E-state index contributed by atoms with van der Waals surface area (Å²) in [7, 11) is 1.36. The predicted molar refractivity (Wildman–Crippen MR) is 139 cm³/mol. The summed E-state index contributed by atoms with van der Waals surface area (Å²) in [6.45, 7) is 4.95. The Morgan fingerprint density at radius 3 is 2.63 bits per heavy atom. The number of methoxy groups -OCH3 is 1. The van der Waals surface area contributed by atoms with Gasteiger partial charge in [-0.2, -0.15) is 0 Å². The zero-order valence-corrected chi connectivity index (χ0v) is 22.3. The molecule has 1 N–H and O–H groups in total. The molecule has 0 saturated carbocycles. The molecular formula is C28H40N2O4S. The molecule has 2 aliphatic heterocycles. The first kappa shape index (κ1) is 26.2. The van der Waals surface area contributed by atoms with Crippen molar-refractivity contribution in [1.82, 2.24) is 10.2 Å². The van der Waals surface area contributed by atoms with Crippen molar-refractivity contribution in [3.63, 3.8) is 0 Å². The average Bonchev–Trinajstić information content (AvgIpc) is 3.54. The topological polar surface area (TPSA) is 75.7 Å². The number of hydrogen-bond acceptors (Lipinski definition) is 6. The molecule has 6 nitrogen and oxygen atoms in total. The second-order valence-electron chi connectivity index (χ2n) is 10.5. The lowest BCUT2D eigenvalue weighted by Gasteiger charge is -2.27. The van der Waals surface area contributed by atoms with Gasteiger partial charge in [0.15, 0.2) is 0 Å². The summed E-state index contributed by atoms with van der Waals surface area (Å²) >= 11 is 1.52. The maximum Gasteiger partial charge on any atom is 0.328 e. The molecule has 1 aromatic rings. The van der Waals surface area contributed by atoms with Crippen LogP contribution in [0.5, 0.6) is 0 Å². The minimum Gasteiger partial charge on any atom is -0.467 e. The summed E-state index contributed by atoms with van der Waals surface area (Å²) in [6.07, 6.45) is 9.91. The molecule has 0 spiro atoms. The minimum absolute atomic E-state index is 0.135. The van der Waals surface area contributed by atoms with E-state index in [0.29, 0.717) is 25.3 Å². The van der Waals surface area contributed by atoms with Crippen molar-refractivity contribution in [3.8, 4) is 0 Å². The number of rotatable bonds is 9. The molecule has 1 aromatic carbocycles. The van der Waals surface area contributed by atoms with Crippen molar-refractivity contribution >= 4 is 29.4 Å². The molecule has 0 radical (unpaired) electrons. The number of fused-ring (bicyclic) bond motifs is 1. The predicted octanol–water partition coefficient (Wildman–Crippen LogP) is 4.12. The van der Waals surface area contributed by atoms with Gasteiger partial charge in [0.25, 0.3) is 0 Å². The molecular weight excluding hydrogens is 460 g/mol. The molecule has 2 fully saturated rings. The van der Waals surface area contributed by atoms with Crippen molar-refractivity contribution in [1.29, 1.82) is 0 Å². The first-order chi connectivity index (χ1) is 16.9. The lowest BCUT2D eigenvalue weighted by atomic mass is 9.80. The number of ketones is 1. The van der Waals surface area contributed by atoms with E-state index >= 15 is 0 Å². The Labute approximate surface area is 213 Å². The van der Waals surface area contributed by atoms with Crippen molar-refractivity contribution in [3.05, 3.63) is 34.4 Å². The number of nitrogens with zero attached hydrogens (tertiary/aromatic N) is 1. The Kier molecular flexibility index (Phi) is 8.92. The van der Waals surface area contributed by atoms with Gasteiger partial charge >= 0.3 is 5.97 Å². The van der Waals surface area contributed by atoms with Crippen LogP contribution in [0.4, 0.5) is 0 Å². The molecule has 7 heteroatoms.